The molecule has 12 heteroatoms. The van der Waals surface area contributed by atoms with Gasteiger partial charge in [-0.1, -0.05) is 5.16 Å². The number of methoxy groups -OCH3 is 2. The molecule has 2 rings (SSSR count). The molecule has 1 heterocycles. The van der Waals surface area contributed by atoms with E-state index >= 15 is 0 Å². The highest BCUT2D eigenvalue weighted by molar-refractivity contribution is 7.98. The van der Waals surface area contributed by atoms with Crippen molar-refractivity contribution in [3.05, 3.63) is 34.5 Å². The number of aromatic nitrogens is 2. The number of benzene rings is 1. The molecule has 0 unspecified atom stereocenters. The summed E-state index contributed by atoms with van der Waals surface area (Å²) in [6.45, 7) is 6.16. The molecule has 1 atom stereocenters. The monoisotopic (exact) mass is 468 g/mol. The summed E-state index contributed by atoms with van der Waals surface area (Å²) >= 11 is 1.44. The number of carbonyl (C=O) groups excluding carboxylic acids is 1. The Bertz CT molecular complexity index is 958. The third-order valence-corrected chi connectivity index (χ3v) is 5.06. The molecule has 0 amide bonds. The van der Waals surface area contributed by atoms with E-state index in [0.29, 0.717) is 40.1 Å². The molecule has 11 nitrogen and oxygen atoms in total. The molecule has 0 fully saturated rings. The van der Waals surface area contributed by atoms with Gasteiger partial charge in [-0.2, -0.15) is 16.7 Å². The van der Waals surface area contributed by atoms with Crippen LogP contribution in [0, 0.1) is 19.3 Å². The van der Waals surface area contributed by atoms with Crippen LogP contribution in [0.15, 0.2) is 10.6 Å². The number of rotatable bonds is 8. The number of nitrogens with one attached hydrogen (secondary N) is 2. The summed E-state index contributed by atoms with van der Waals surface area (Å²) < 4.78 is 15.3. The van der Waals surface area contributed by atoms with Crippen LogP contribution in [0.3, 0.4) is 0 Å². The van der Waals surface area contributed by atoms with Crippen LogP contribution >= 0.6 is 11.8 Å². The van der Waals surface area contributed by atoms with Gasteiger partial charge in [0.15, 0.2) is 5.82 Å². The maximum atomic E-state index is 12.3. The number of thioether (sulfide) groups is 1. The number of esters is 1. The zero-order chi connectivity index (χ0) is 24.4. The van der Waals surface area contributed by atoms with Crippen LogP contribution in [0.2, 0.25) is 0 Å². The van der Waals surface area contributed by atoms with Crippen molar-refractivity contribution in [3.63, 3.8) is 0 Å². The van der Waals surface area contributed by atoms with E-state index in [4.69, 9.17) is 29.3 Å². The molecule has 0 aliphatic carbocycles. The molecule has 2 aromatic rings. The van der Waals surface area contributed by atoms with Crippen molar-refractivity contribution < 1.29 is 33.8 Å². The average Bonchev–Trinajstić information content (AvgIpc) is 3.14. The summed E-state index contributed by atoms with van der Waals surface area (Å²) in [4.78, 5) is 25.5. The predicted molar refractivity (Wildman–Crippen MR) is 119 cm³/mol. The Balaban J connectivity index is 0.00000118. The highest BCUT2D eigenvalue weighted by Crippen LogP contribution is 2.36. The van der Waals surface area contributed by atoms with Crippen LogP contribution in [0.4, 0.5) is 0 Å². The summed E-state index contributed by atoms with van der Waals surface area (Å²) in [5.41, 5.74) is 1.34. The van der Waals surface area contributed by atoms with Crippen molar-refractivity contribution in [2.24, 2.45) is 0 Å². The number of aliphatic carboxylic acids is 1. The molecule has 1 aromatic carbocycles. The molecule has 0 radical (unpaired) electrons. The fourth-order valence-corrected chi connectivity index (χ4v) is 3.78. The second kappa shape index (κ2) is 12.5. The van der Waals surface area contributed by atoms with E-state index in [1.807, 2.05) is 0 Å². The van der Waals surface area contributed by atoms with Gasteiger partial charge in [0.2, 0.25) is 5.89 Å². The number of aromatic hydroxyl groups is 1. The first-order valence-corrected chi connectivity index (χ1v) is 10.5. The zero-order valence-corrected chi connectivity index (χ0v) is 19.6. The van der Waals surface area contributed by atoms with Gasteiger partial charge in [-0.15, -0.1) is 0 Å². The van der Waals surface area contributed by atoms with Crippen molar-refractivity contribution in [2.45, 2.75) is 39.5 Å². The number of carboxylic acids is 1. The average molecular weight is 469 g/mol. The van der Waals surface area contributed by atoms with Gasteiger partial charge >= 0.3 is 5.97 Å². The minimum Gasteiger partial charge on any atom is -0.507 e. The van der Waals surface area contributed by atoms with Crippen molar-refractivity contribution in [3.8, 4) is 11.5 Å². The topological polar surface area (TPSA) is 168 Å². The van der Waals surface area contributed by atoms with Crippen LogP contribution in [-0.2, 0) is 15.3 Å². The van der Waals surface area contributed by atoms with Gasteiger partial charge in [0.05, 0.1) is 25.6 Å². The largest absolute Gasteiger partial charge is 0.507 e. The minimum atomic E-state index is -0.833. The van der Waals surface area contributed by atoms with E-state index in [9.17, 15) is 9.90 Å². The fraction of sp³-hybridized carbons (Fsp3) is 0.450. The molecule has 176 valence electrons. The summed E-state index contributed by atoms with van der Waals surface area (Å²) in [5.74, 6) is 0.945. The first kappa shape index (κ1) is 26.8. The highest BCUT2D eigenvalue weighted by atomic mass is 32.2. The number of carboxylic acid groups (broad SMARTS) is 1. The third kappa shape index (κ3) is 7.76. The molecule has 4 N–H and O–H groups in total. The van der Waals surface area contributed by atoms with Gasteiger partial charge < -0.3 is 29.5 Å². The van der Waals surface area contributed by atoms with E-state index in [0.717, 1.165) is 6.92 Å². The first-order chi connectivity index (χ1) is 15.0. The summed E-state index contributed by atoms with van der Waals surface area (Å²) in [7, 11) is 2.76. The number of nitrogens with zero attached hydrogens (tertiary/aromatic N) is 2. The Morgan fingerprint density at radius 2 is 1.94 bits per heavy atom. The number of carbonyl (C=O) groups is 2. The Kier molecular flexibility index (Phi) is 10.5. The number of hydrogen-bond acceptors (Lipinski definition) is 10. The molecule has 0 bridgehead atoms. The second-order valence-electron chi connectivity index (χ2n) is 6.60. The van der Waals surface area contributed by atoms with Crippen molar-refractivity contribution in [1.82, 2.24) is 15.5 Å². The number of hydrogen-bond donors (Lipinski definition) is 4. The Hall–Kier alpha value is -3.28. The summed E-state index contributed by atoms with van der Waals surface area (Å²) in [6.07, 6.45) is 0. The van der Waals surface area contributed by atoms with Crippen molar-refractivity contribution in [1.29, 1.82) is 5.41 Å². The minimum absolute atomic E-state index is 0.0447. The quantitative estimate of drug-likeness (QED) is 0.255. The van der Waals surface area contributed by atoms with Gasteiger partial charge in [-0.3, -0.25) is 10.2 Å². The molecular formula is C20H28N4O7S. The predicted octanol–water partition coefficient (Wildman–Crippen LogP) is 2.84. The lowest BCUT2D eigenvalue weighted by Gasteiger charge is -2.18. The highest BCUT2D eigenvalue weighted by Gasteiger charge is 2.24. The van der Waals surface area contributed by atoms with Crippen LogP contribution in [-0.4, -0.2) is 58.1 Å². The Labute approximate surface area is 190 Å². The lowest BCUT2D eigenvalue weighted by Crippen LogP contribution is -2.27. The summed E-state index contributed by atoms with van der Waals surface area (Å²) in [6, 6.07) is 1.11. The molecular weight excluding hydrogens is 440 g/mol. The van der Waals surface area contributed by atoms with Gasteiger partial charge in [-0.05, 0) is 20.8 Å². The zero-order valence-electron chi connectivity index (χ0n) is 18.8. The number of amidine groups is 1. The van der Waals surface area contributed by atoms with Crippen LogP contribution in [0.25, 0.3) is 0 Å². The van der Waals surface area contributed by atoms with E-state index in [-0.39, 0.29) is 23.2 Å². The second-order valence-corrected chi connectivity index (χ2v) is 7.63. The van der Waals surface area contributed by atoms with E-state index in [1.165, 1.54) is 32.0 Å². The molecule has 0 saturated carbocycles. The number of phenolic OH excluding ortho intramolecular Hbond substituents is 1. The first-order valence-electron chi connectivity index (χ1n) is 9.38. The van der Waals surface area contributed by atoms with Gasteiger partial charge in [-0.25, -0.2) is 4.79 Å². The number of phenols is 1. The molecule has 0 spiro atoms. The standard InChI is InChI=1S/C18H24N4O5S.C2H4O2/c1-9-15(25-4)6-14(23)12(16(9)18(24)26-5)7-28-8-13(20-10(2)19)17-21-11(3)22-27-17;1-2(3)4/h6,13,23H,7-8H2,1-5H3,(H2,19,20);1H3,(H,3,4)/t13-;/m0./s1. The van der Waals surface area contributed by atoms with Crippen LogP contribution in [0.1, 0.15) is 53.1 Å². The molecule has 0 aliphatic heterocycles. The van der Waals surface area contributed by atoms with Crippen molar-refractivity contribution in [2.75, 3.05) is 20.0 Å². The van der Waals surface area contributed by atoms with E-state index in [2.05, 4.69) is 15.5 Å². The number of aryl methyl sites for hydroxylation is 1. The molecule has 1 aromatic heterocycles. The molecule has 0 saturated heterocycles. The lowest BCUT2D eigenvalue weighted by atomic mass is 10.0. The maximum absolute atomic E-state index is 12.3. The Morgan fingerprint density at radius 3 is 2.41 bits per heavy atom. The van der Waals surface area contributed by atoms with Gasteiger partial charge in [0, 0.05) is 35.6 Å². The SMILES string of the molecule is CC(=O)O.COC(=O)c1c(C)c(OC)cc(O)c1CSC[C@H](NC(C)=N)c1nc(C)no1. The molecule has 0 aliphatic rings. The van der Waals surface area contributed by atoms with Gasteiger partial charge in [0.25, 0.3) is 5.97 Å². The smallest absolute Gasteiger partial charge is 0.338 e. The number of ether oxygens (including phenoxy) is 2. The van der Waals surface area contributed by atoms with Crippen LogP contribution < -0.4 is 10.1 Å². The lowest BCUT2D eigenvalue weighted by molar-refractivity contribution is -0.134. The Morgan fingerprint density at radius 1 is 1.31 bits per heavy atom. The molecule has 32 heavy (non-hydrogen) atoms. The fourth-order valence-electron chi connectivity index (χ4n) is 2.70. The van der Waals surface area contributed by atoms with Crippen LogP contribution in [0.5, 0.6) is 11.5 Å². The van der Waals surface area contributed by atoms with Crippen molar-refractivity contribution >= 4 is 29.5 Å². The van der Waals surface area contributed by atoms with E-state index in [1.54, 1.807) is 20.8 Å². The normalized spacial score (nSPS) is 11.1. The summed E-state index contributed by atoms with van der Waals surface area (Å²) in [5, 5.41) is 32.3. The maximum Gasteiger partial charge on any atom is 0.338 e. The third-order valence-electron chi connectivity index (χ3n) is 4.00. The van der Waals surface area contributed by atoms with E-state index < -0.39 is 11.9 Å². The van der Waals surface area contributed by atoms with Gasteiger partial charge in [0.1, 0.15) is 17.5 Å².